The Kier molecular flexibility index (Phi) is 1.95. The van der Waals surface area contributed by atoms with Gasteiger partial charge in [0.2, 0.25) is 0 Å². The minimum Gasteiger partial charge on any atom is -0.323 e. The molecule has 11 heavy (non-hydrogen) atoms. The van der Waals surface area contributed by atoms with Gasteiger partial charge in [-0.2, -0.15) is 0 Å². The third-order valence-corrected chi connectivity index (χ3v) is 3.60. The SMILES string of the molecule is CC1=NC(C)(P(=O)(O)O)CC1. The van der Waals surface area contributed by atoms with Crippen LogP contribution in [0.1, 0.15) is 26.7 Å². The normalized spacial score (nSPS) is 32.2. The van der Waals surface area contributed by atoms with Gasteiger partial charge in [-0.1, -0.05) is 0 Å². The van der Waals surface area contributed by atoms with Gasteiger partial charge < -0.3 is 9.79 Å². The minimum atomic E-state index is -4.05. The van der Waals surface area contributed by atoms with E-state index in [1.165, 1.54) is 6.92 Å². The molecule has 64 valence electrons. The zero-order chi connectivity index (χ0) is 8.70. The molecule has 0 fully saturated rings. The van der Waals surface area contributed by atoms with Crippen LogP contribution >= 0.6 is 7.60 Å². The smallest absolute Gasteiger partial charge is 0.323 e. The van der Waals surface area contributed by atoms with Crippen molar-refractivity contribution in [3.8, 4) is 0 Å². The van der Waals surface area contributed by atoms with Gasteiger partial charge in [-0.05, 0) is 26.7 Å². The Morgan fingerprint density at radius 3 is 2.36 bits per heavy atom. The van der Waals surface area contributed by atoms with E-state index >= 15 is 0 Å². The number of hydrogen-bond acceptors (Lipinski definition) is 2. The van der Waals surface area contributed by atoms with Crippen molar-refractivity contribution in [2.24, 2.45) is 4.99 Å². The predicted octanol–water partition coefficient (Wildman–Crippen LogP) is 1.14. The predicted molar refractivity (Wildman–Crippen MR) is 42.8 cm³/mol. The van der Waals surface area contributed by atoms with E-state index in [1.54, 1.807) is 6.92 Å². The van der Waals surface area contributed by atoms with Crippen LogP contribution in [0.3, 0.4) is 0 Å². The summed E-state index contributed by atoms with van der Waals surface area (Å²) in [4.78, 5) is 21.7. The topological polar surface area (TPSA) is 69.9 Å². The Labute approximate surface area is 65.5 Å². The lowest BCUT2D eigenvalue weighted by molar-refractivity contribution is 0.332. The fraction of sp³-hybridized carbons (Fsp3) is 0.833. The van der Waals surface area contributed by atoms with Crippen LogP contribution in [0.2, 0.25) is 0 Å². The van der Waals surface area contributed by atoms with Crippen molar-refractivity contribution in [3.63, 3.8) is 0 Å². The molecule has 0 aliphatic carbocycles. The van der Waals surface area contributed by atoms with Crippen LogP contribution in [0.25, 0.3) is 0 Å². The van der Waals surface area contributed by atoms with Gasteiger partial charge in [-0.15, -0.1) is 0 Å². The maximum absolute atomic E-state index is 10.9. The molecule has 1 heterocycles. The number of rotatable bonds is 1. The number of aliphatic imine (C=N–C) groups is 1. The van der Waals surface area contributed by atoms with Crippen molar-refractivity contribution in [2.75, 3.05) is 0 Å². The Morgan fingerprint density at radius 2 is 2.18 bits per heavy atom. The fourth-order valence-electron chi connectivity index (χ4n) is 1.15. The molecule has 0 saturated heterocycles. The average molecular weight is 177 g/mol. The van der Waals surface area contributed by atoms with E-state index in [0.717, 1.165) is 5.71 Å². The van der Waals surface area contributed by atoms with Gasteiger partial charge in [0.05, 0.1) is 0 Å². The first-order valence-electron chi connectivity index (χ1n) is 3.46. The molecule has 0 aromatic carbocycles. The Morgan fingerprint density at radius 1 is 1.64 bits per heavy atom. The van der Waals surface area contributed by atoms with E-state index in [0.29, 0.717) is 12.8 Å². The van der Waals surface area contributed by atoms with E-state index in [-0.39, 0.29) is 0 Å². The zero-order valence-corrected chi connectivity index (χ0v) is 7.51. The summed E-state index contributed by atoms with van der Waals surface area (Å²) in [5, 5.41) is -1.14. The first-order chi connectivity index (χ1) is 4.85. The first-order valence-corrected chi connectivity index (χ1v) is 5.07. The third kappa shape index (κ3) is 1.53. The summed E-state index contributed by atoms with van der Waals surface area (Å²) in [5.41, 5.74) is 0.829. The lowest BCUT2D eigenvalue weighted by Crippen LogP contribution is -2.17. The minimum absolute atomic E-state index is 0.461. The third-order valence-electron chi connectivity index (χ3n) is 2.02. The molecule has 4 nitrogen and oxygen atoms in total. The van der Waals surface area contributed by atoms with E-state index in [2.05, 4.69) is 4.99 Å². The van der Waals surface area contributed by atoms with Crippen molar-refractivity contribution in [1.82, 2.24) is 0 Å². The molecule has 1 unspecified atom stereocenters. The first kappa shape index (κ1) is 8.91. The molecule has 0 spiro atoms. The highest BCUT2D eigenvalue weighted by Gasteiger charge is 2.44. The van der Waals surface area contributed by atoms with Crippen LogP contribution in [0.15, 0.2) is 4.99 Å². The van der Waals surface area contributed by atoms with E-state index < -0.39 is 12.9 Å². The van der Waals surface area contributed by atoms with Gasteiger partial charge in [0.1, 0.15) is 0 Å². The molecule has 0 radical (unpaired) electrons. The van der Waals surface area contributed by atoms with Crippen molar-refractivity contribution < 1.29 is 14.4 Å². The fourth-order valence-corrected chi connectivity index (χ4v) is 1.86. The molecule has 1 rings (SSSR count). The van der Waals surface area contributed by atoms with Gasteiger partial charge in [0, 0.05) is 5.71 Å². The average Bonchev–Trinajstić information content (AvgIpc) is 2.10. The highest BCUT2D eigenvalue weighted by atomic mass is 31.2. The van der Waals surface area contributed by atoms with E-state index in [4.69, 9.17) is 9.79 Å². The lowest BCUT2D eigenvalue weighted by atomic mass is 10.2. The van der Waals surface area contributed by atoms with Crippen LogP contribution in [0.4, 0.5) is 0 Å². The highest BCUT2D eigenvalue weighted by Crippen LogP contribution is 2.55. The summed E-state index contributed by atoms with van der Waals surface area (Å²) in [6.45, 7) is 3.30. The summed E-state index contributed by atoms with van der Waals surface area (Å²) < 4.78 is 10.9. The molecule has 1 aliphatic rings. The van der Waals surface area contributed by atoms with Crippen molar-refractivity contribution in [2.45, 2.75) is 32.0 Å². The summed E-state index contributed by atoms with van der Waals surface area (Å²) in [5.74, 6) is 0. The van der Waals surface area contributed by atoms with Crippen LogP contribution < -0.4 is 0 Å². The zero-order valence-electron chi connectivity index (χ0n) is 6.61. The monoisotopic (exact) mass is 177 g/mol. The van der Waals surface area contributed by atoms with Crippen molar-refractivity contribution >= 4 is 13.3 Å². The van der Waals surface area contributed by atoms with Crippen LogP contribution in [0.5, 0.6) is 0 Å². The Balaban J connectivity index is 2.95. The van der Waals surface area contributed by atoms with E-state index in [1.807, 2.05) is 0 Å². The summed E-state index contributed by atoms with van der Waals surface area (Å²) in [6, 6.07) is 0. The van der Waals surface area contributed by atoms with Gasteiger partial charge >= 0.3 is 7.60 Å². The molecule has 0 amide bonds. The molecule has 0 saturated carbocycles. The molecule has 0 aromatic rings. The second-order valence-corrected chi connectivity index (χ2v) is 5.16. The summed E-state index contributed by atoms with van der Waals surface area (Å²) in [7, 11) is -4.05. The number of nitrogens with zero attached hydrogens (tertiary/aromatic N) is 1. The van der Waals surface area contributed by atoms with Crippen LogP contribution in [0, 0.1) is 0 Å². The van der Waals surface area contributed by atoms with Gasteiger partial charge in [-0.3, -0.25) is 9.56 Å². The van der Waals surface area contributed by atoms with Gasteiger partial charge in [0.25, 0.3) is 0 Å². The van der Waals surface area contributed by atoms with Crippen molar-refractivity contribution in [1.29, 1.82) is 0 Å². The molecular formula is C6H12NO3P. The summed E-state index contributed by atoms with van der Waals surface area (Å²) >= 11 is 0. The largest absolute Gasteiger partial charge is 0.352 e. The summed E-state index contributed by atoms with van der Waals surface area (Å²) in [6.07, 6.45) is 1.16. The quantitative estimate of drug-likeness (QED) is 0.590. The molecular weight excluding hydrogens is 165 g/mol. The van der Waals surface area contributed by atoms with Crippen molar-refractivity contribution in [3.05, 3.63) is 0 Å². The highest BCUT2D eigenvalue weighted by molar-refractivity contribution is 7.53. The molecule has 0 aromatic heterocycles. The molecule has 5 heteroatoms. The number of hydrogen-bond donors (Lipinski definition) is 2. The Hall–Kier alpha value is -0.180. The van der Waals surface area contributed by atoms with Crippen LogP contribution in [-0.4, -0.2) is 20.8 Å². The Bertz CT molecular complexity index is 244. The molecule has 1 aliphatic heterocycles. The molecule has 1 atom stereocenters. The van der Waals surface area contributed by atoms with Crippen LogP contribution in [-0.2, 0) is 4.57 Å². The van der Waals surface area contributed by atoms with Gasteiger partial charge in [-0.25, -0.2) is 0 Å². The maximum Gasteiger partial charge on any atom is 0.352 e. The van der Waals surface area contributed by atoms with E-state index in [9.17, 15) is 4.57 Å². The second-order valence-electron chi connectivity index (χ2n) is 3.11. The maximum atomic E-state index is 10.9. The second kappa shape index (κ2) is 2.41. The molecule has 2 N–H and O–H groups in total. The standard InChI is InChI=1S/C6H12NO3P/c1-5-3-4-6(2,7-5)11(8,9)10/h3-4H2,1-2H3,(H2,8,9,10). The molecule has 0 bridgehead atoms. The lowest BCUT2D eigenvalue weighted by Gasteiger charge is -2.21. The van der Waals surface area contributed by atoms with Gasteiger partial charge in [0.15, 0.2) is 5.28 Å².